The lowest BCUT2D eigenvalue weighted by Crippen LogP contribution is -1.99. The van der Waals surface area contributed by atoms with E-state index in [0.717, 1.165) is 9.35 Å². The maximum atomic E-state index is 10.2. The van der Waals surface area contributed by atoms with Crippen LogP contribution in [0.15, 0.2) is 32.8 Å². The summed E-state index contributed by atoms with van der Waals surface area (Å²) in [6, 6.07) is 5.40. The average molecular weight is 383 g/mol. The molecular weight excluding hydrogens is 377 g/mol. The maximum absolute atomic E-state index is 10.2. The lowest BCUT2D eigenvalue weighted by Gasteiger charge is -2.11. The number of thiazole rings is 1. The Hall–Kier alpha value is 0.0600. The van der Waals surface area contributed by atoms with Crippen LogP contribution in [-0.2, 0) is 0 Å². The van der Waals surface area contributed by atoms with Crippen LogP contribution in [0.2, 0.25) is 5.02 Å². The molecule has 0 saturated carbocycles. The second-order valence-electron chi connectivity index (χ2n) is 3.08. The van der Waals surface area contributed by atoms with Crippen molar-refractivity contribution in [3.05, 3.63) is 48.2 Å². The summed E-state index contributed by atoms with van der Waals surface area (Å²) in [5, 5.41) is 10.7. The van der Waals surface area contributed by atoms with E-state index in [2.05, 4.69) is 36.8 Å². The standard InChI is InChI=1S/C10H6Br2ClNOS/c11-5-1-2-6(7(13)3-5)8(15)9-10(12)14-4-16-9/h1-4,8,15H. The molecule has 6 heteroatoms. The molecule has 0 amide bonds. The molecule has 1 unspecified atom stereocenters. The van der Waals surface area contributed by atoms with Gasteiger partial charge in [-0.3, -0.25) is 0 Å². The van der Waals surface area contributed by atoms with Gasteiger partial charge in [-0.1, -0.05) is 33.6 Å². The van der Waals surface area contributed by atoms with E-state index >= 15 is 0 Å². The Labute approximate surface area is 119 Å². The highest BCUT2D eigenvalue weighted by Crippen LogP contribution is 2.35. The molecule has 1 atom stereocenters. The first-order chi connectivity index (χ1) is 7.59. The Morgan fingerprint density at radius 1 is 1.38 bits per heavy atom. The van der Waals surface area contributed by atoms with Crippen LogP contribution in [0.1, 0.15) is 16.5 Å². The molecule has 2 rings (SSSR count). The molecule has 1 N–H and O–H groups in total. The minimum absolute atomic E-state index is 0.530. The van der Waals surface area contributed by atoms with Gasteiger partial charge in [0.1, 0.15) is 10.7 Å². The normalized spacial score (nSPS) is 12.8. The Kier molecular flexibility index (Phi) is 4.02. The Balaban J connectivity index is 2.41. The molecule has 0 aliphatic carbocycles. The summed E-state index contributed by atoms with van der Waals surface area (Å²) < 4.78 is 1.54. The van der Waals surface area contributed by atoms with Gasteiger partial charge >= 0.3 is 0 Å². The smallest absolute Gasteiger partial charge is 0.123 e. The molecule has 84 valence electrons. The van der Waals surface area contributed by atoms with Crippen LogP contribution >= 0.6 is 54.8 Å². The fraction of sp³-hybridized carbons (Fsp3) is 0.100. The van der Waals surface area contributed by atoms with Crippen molar-refractivity contribution in [1.82, 2.24) is 4.98 Å². The molecule has 2 nitrogen and oxygen atoms in total. The molecule has 0 aliphatic heterocycles. The van der Waals surface area contributed by atoms with Gasteiger partial charge in [-0.05, 0) is 28.1 Å². The van der Waals surface area contributed by atoms with Crippen molar-refractivity contribution in [2.75, 3.05) is 0 Å². The van der Waals surface area contributed by atoms with Crippen molar-refractivity contribution in [2.45, 2.75) is 6.10 Å². The fourth-order valence-corrected chi connectivity index (χ4v) is 3.47. The first-order valence-electron chi connectivity index (χ1n) is 4.31. The SMILES string of the molecule is OC(c1ccc(Br)cc1Cl)c1scnc1Br. The molecule has 0 saturated heterocycles. The largest absolute Gasteiger partial charge is 0.383 e. The first kappa shape index (κ1) is 12.5. The second kappa shape index (κ2) is 5.14. The Bertz CT molecular complexity index is 517. The van der Waals surface area contributed by atoms with Gasteiger partial charge in [0.15, 0.2) is 0 Å². The molecular formula is C10H6Br2ClNOS. The molecule has 0 fully saturated rings. The van der Waals surface area contributed by atoms with Gasteiger partial charge in [-0.25, -0.2) is 4.98 Å². The topological polar surface area (TPSA) is 33.1 Å². The predicted molar refractivity (Wildman–Crippen MR) is 73.0 cm³/mol. The number of hydrogen-bond donors (Lipinski definition) is 1. The summed E-state index contributed by atoms with van der Waals surface area (Å²) >= 11 is 14.1. The number of nitrogens with zero attached hydrogens (tertiary/aromatic N) is 1. The van der Waals surface area contributed by atoms with Crippen molar-refractivity contribution in [2.24, 2.45) is 0 Å². The summed E-state index contributed by atoms with van der Waals surface area (Å²) in [7, 11) is 0. The maximum Gasteiger partial charge on any atom is 0.123 e. The van der Waals surface area contributed by atoms with Crippen LogP contribution in [0.4, 0.5) is 0 Å². The van der Waals surface area contributed by atoms with Crippen LogP contribution in [0.5, 0.6) is 0 Å². The number of aliphatic hydroxyl groups is 1. The summed E-state index contributed by atoms with van der Waals surface area (Å²) in [6.07, 6.45) is -0.748. The number of rotatable bonds is 2. The zero-order valence-electron chi connectivity index (χ0n) is 7.82. The monoisotopic (exact) mass is 381 g/mol. The van der Waals surface area contributed by atoms with E-state index in [9.17, 15) is 5.11 Å². The Morgan fingerprint density at radius 3 is 2.69 bits per heavy atom. The number of aromatic nitrogens is 1. The lowest BCUT2D eigenvalue weighted by atomic mass is 10.1. The minimum atomic E-state index is -0.748. The fourth-order valence-electron chi connectivity index (χ4n) is 1.28. The molecule has 1 heterocycles. The van der Waals surface area contributed by atoms with Crippen LogP contribution in [0.25, 0.3) is 0 Å². The van der Waals surface area contributed by atoms with Crippen LogP contribution < -0.4 is 0 Å². The minimum Gasteiger partial charge on any atom is -0.383 e. The number of hydrogen-bond acceptors (Lipinski definition) is 3. The summed E-state index contributed by atoms with van der Waals surface area (Å²) in [5.74, 6) is 0. The zero-order valence-corrected chi connectivity index (χ0v) is 12.6. The van der Waals surface area contributed by atoms with Gasteiger partial charge in [0, 0.05) is 15.1 Å². The third-order valence-corrected chi connectivity index (χ3v) is 4.65. The molecule has 1 aromatic carbocycles. The van der Waals surface area contributed by atoms with Crippen molar-refractivity contribution in [3.8, 4) is 0 Å². The predicted octanol–water partition coefficient (Wildman–Crippen LogP) is 4.40. The number of benzene rings is 1. The van der Waals surface area contributed by atoms with Crippen LogP contribution in [0.3, 0.4) is 0 Å². The van der Waals surface area contributed by atoms with E-state index in [1.807, 2.05) is 6.07 Å². The van der Waals surface area contributed by atoms with Crippen molar-refractivity contribution in [3.63, 3.8) is 0 Å². The van der Waals surface area contributed by atoms with Crippen LogP contribution in [0, 0.1) is 0 Å². The van der Waals surface area contributed by atoms with Gasteiger partial charge in [0.25, 0.3) is 0 Å². The van der Waals surface area contributed by atoms with E-state index in [1.165, 1.54) is 11.3 Å². The average Bonchev–Trinajstić information content (AvgIpc) is 2.63. The van der Waals surface area contributed by atoms with Crippen molar-refractivity contribution in [1.29, 1.82) is 0 Å². The molecule has 0 radical (unpaired) electrons. The van der Waals surface area contributed by atoms with E-state index in [-0.39, 0.29) is 0 Å². The highest BCUT2D eigenvalue weighted by atomic mass is 79.9. The molecule has 16 heavy (non-hydrogen) atoms. The molecule has 2 aromatic rings. The number of halogens is 3. The number of aliphatic hydroxyl groups excluding tert-OH is 1. The molecule has 1 aromatic heterocycles. The molecule has 0 aliphatic rings. The summed E-state index contributed by atoms with van der Waals surface area (Å²) in [4.78, 5) is 4.79. The van der Waals surface area contributed by atoms with Gasteiger partial charge in [0.2, 0.25) is 0 Å². The van der Waals surface area contributed by atoms with Gasteiger partial charge in [-0.15, -0.1) is 11.3 Å². The lowest BCUT2D eigenvalue weighted by molar-refractivity contribution is 0.223. The second-order valence-corrected chi connectivity index (χ2v) is 6.04. The van der Waals surface area contributed by atoms with E-state index in [4.69, 9.17) is 11.6 Å². The summed E-state index contributed by atoms with van der Waals surface area (Å²) in [6.45, 7) is 0. The van der Waals surface area contributed by atoms with Gasteiger partial charge in [-0.2, -0.15) is 0 Å². The summed E-state index contributed by atoms with van der Waals surface area (Å²) in [5.41, 5.74) is 2.35. The third-order valence-electron chi connectivity index (χ3n) is 2.05. The van der Waals surface area contributed by atoms with Crippen LogP contribution in [-0.4, -0.2) is 10.1 Å². The zero-order chi connectivity index (χ0) is 11.7. The third kappa shape index (κ3) is 2.49. The van der Waals surface area contributed by atoms with E-state index in [1.54, 1.807) is 17.6 Å². The Morgan fingerprint density at radius 2 is 2.12 bits per heavy atom. The van der Waals surface area contributed by atoms with E-state index < -0.39 is 6.10 Å². The highest BCUT2D eigenvalue weighted by Gasteiger charge is 2.18. The quantitative estimate of drug-likeness (QED) is 0.834. The van der Waals surface area contributed by atoms with Gasteiger partial charge < -0.3 is 5.11 Å². The first-order valence-corrected chi connectivity index (χ1v) is 7.16. The molecule has 0 spiro atoms. The van der Waals surface area contributed by atoms with Crippen molar-refractivity contribution < 1.29 is 5.11 Å². The molecule has 0 bridgehead atoms. The highest BCUT2D eigenvalue weighted by molar-refractivity contribution is 9.10. The van der Waals surface area contributed by atoms with Gasteiger partial charge in [0.05, 0.1) is 10.4 Å². The van der Waals surface area contributed by atoms with E-state index in [0.29, 0.717) is 15.2 Å². The van der Waals surface area contributed by atoms with Crippen molar-refractivity contribution >= 4 is 54.8 Å².